The summed E-state index contributed by atoms with van der Waals surface area (Å²) in [5, 5.41) is 0. The quantitative estimate of drug-likeness (QED) is 0.590. The summed E-state index contributed by atoms with van der Waals surface area (Å²) in [4.78, 5) is 10.9. The molecule has 22 heavy (non-hydrogen) atoms. The zero-order chi connectivity index (χ0) is 17.3. The van der Waals surface area contributed by atoms with Crippen molar-refractivity contribution in [3.63, 3.8) is 0 Å². The van der Waals surface area contributed by atoms with Crippen LogP contribution in [0.3, 0.4) is 0 Å². The van der Waals surface area contributed by atoms with E-state index in [1.807, 2.05) is 0 Å². The Labute approximate surface area is 123 Å². The first-order valence-electron chi connectivity index (χ1n) is 6.29. The van der Waals surface area contributed by atoms with E-state index in [-0.39, 0.29) is 11.6 Å². The zero-order valence-corrected chi connectivity index (χ0v) is 12.0. The number of carbonyl (C=O) groups excluding carboxylic acids is 1. The highest BCUT2D eigenvalue weighted by Crippen LogP contribution is 2.38. The average Bonchev–Trinajstić information content (AvgIpc) is 2.34. The summed E-state index contributed by atoms with van der Waals surface area (Å²) in [6.07, 6.45) is -10.7. The number of hydrogen-bond donors (Lipinski definition) is 0. The van der Waals surface area contributed by atoms with Gasteiger partial charge in [0.1, 0.15) is 6.10 Å². The lowest BCUT2D eigenvalue weighted by molar-refractivity contribution is -0.147. The lowest BCUT2D eigenvalue weighted by Gasteiger charge is -2.22. The van der Waals surface area contributed by atoms with E-state index in [0.29, 0.717) is 12.1 Å². The molecule has 0 saturated carbocycles. The fourth-order valence-corrected chi connectivity index (χ4v) is 1.88. The summed E-state index contributed by atoms with van der Waals surface area (Å²) in [5.74, 6) is -1.49. The Kier molecular flexibility index (Phi) is 5.14. The standard InChI is InChI=1S/C14H14F6O2/c1-7(8(2)22-9(3)21)10-4-11(13(15,16)17)6-12(5-10)14(18,19)20/h4-8H,1-3H3/t7-,8+/m1/s1. The topological polar surface area (TPSA) is 26.3 Å². The Morgan fingerprint density at radius 3 is 1.68 bits per heavy atom. The summed E-state index contributed by atoms with van der Waals surface area (Å²) in [6.45, 7) is 3.90. The van der Waals surface area contributed by atoms with E-state index < -0.39 is 41.5 Å². The summed E-state index contributed by atoms with van der Waals surface area (Å²) in [7, 11) is 0. The maximum atomic E-state index is 12.8. The first kappa shape index (κ1) is 18.3. The van der Waals surface area contributed by atoms with E-state index in [9.17, 15) is 31.1 Å². The predicted octanol–water partition coefficient (Wildman–Crippen LogP) is 4.78. The highest BCUT2D eigenvalue weighted by atomic mass is 19.4. The highest BCUT2D eigenvalue weighted by molar-refractivity contribution is 5.66. The van der Waals surface area contributed by atoms with E-state index in [2.05, 4.69) is 0 Å². The molecule has 1 rings (SSSR count). The lowest BCUT2D eigenvalue weighted by atomic mass is 9.92. The molecule has 0 aliphatic carbocycles. The van der Waals surface area contributed by atoms with Gasteiger partial charge in [0, 0.05) is 12.8 Å². The van der Waals surface area contributed by atoms with Crippen LogP contribution in [0.4, 0.5) is 26.3 Å². The van der Waals surface area contributed by atoms with Crippen molar-refractivity contribution in [1.82, 2.24) is 0 Å². The number of ether oxygens (including phenoxy) is 1. The Morgan fingerprint density at radius 2 is 1.36 bits per heavy atom. The van der Waals surface area contributed by atoms with Crippen molar-refractivity contribution >= 4 is 5.97 Å². The van der Waals surface area contributed by atoms with E-state index in [1.165, 1.54) is 13.8 Å². The van der Waals surface area contributed by atoms with Crippen LogP contribution < -0.4 is 0 Å². The van der Waals surface area contributed by atoms with Gasteiger partial charge in [-0.3, -0.25) is 4.79 Å². The van der Waals surface area contributed by atoms with Gasteiger partial charge in [0.05, 0.1) is 11.1 Å². The van der Waals surface area contributed by atoms with Crippen molar-refractivity contribution in [2.24, 2.45) is 0 Å². The third-order valence-electron chi connectivity index (χ3n) is 3.19. The van der Waals surface area contributed by atoms with Crippen LogP contribution in [0.5, 0.6) is 0 Å². The molecule has 0 aliphatic rings. The molecule has 2 atom stereocenters. The van der Waals surface area contributed by atoms with Crippen LogP contribution in [-0.2, 0) is 21.9 Å². The molecule has 0 radical (unpaired) electrons. The smallest absolute Gasteiger partial charge is 0.416 e. The van der Waals surface area contributed by atoms with Crippen molar-refractivity contribution in [3.8, 4) is 0 Å². The number of halogens is 6. The van der Waals surface area contributed by atoms with E-state index >= 15 is 0 Å². The maximum absolute atomic E-state index is 12.8. The number of benzene rings is 1. The molecule has 0 heterocycles. The zero-order valence-electron chi connectivity index (χ0n) is 12.0. The van der Waals surface area contributed by atoms with Gasteiger partial charge in [0.25, 0.3) is 0 Å². The molecule has 0 saturated heterocycles. The Balaban J connectivity index is 3.32. The van der Waals surface area contributed by atoms with Gasteiger partial charge in [-0.05, 0) is 30.7 Å². The summed E-state index contributed by atoms with van der Waals surface area (Å²) >= 11 is 0. The van der Waals surface area contributed by atoms with E-state index in [1.54, 1.807) is 0 Å². The van der Waals surface area contributed by atoms with Gasteiger partial charge >= 0.3 is 18.3 Å². The van der Waals surface area contributed by atoms with Crippen molar-refractivity contribution in [1.29, 1.82) is 0 Å². The Hall–Kier alpha value is -1.73. The summed E-state index contributed by atoms with van der Waals surface area (Å²) < 4.78 is 81.4. The monoisotopic (exact) mass is 328 g/mol. The second-order valence-electron chi connectivity index (χ2n) is 4.94. The SMILES string of the molecule is CC(=O)O[C@@H](C)[C@@H](C)c1cc(C(F)(F)F)cc(C(F)(F)F)c1. The molecule has 0 aliphatic heterocycles. The second-order valence-corrected chi connectivity index (χ2v) is 4.94. The largest absolute Gasteiger partial charge is 0.462 e. The molecule has 1 aromatic rings. The third-order valence-corrected chi connectivity index (χ3v) is 3.19. The molecule has 0 amide bonds. The van der Waals surface area contributed by atoms with Crippen LogP contribution in [0.25, 0.3) is 0 Å². The molecular weight excluding hydrogens is 314 g/mol. The van der Waals surface area contributed by atoms with Gasteiger partial charge in [0.2, 0.25) is 0 Å². The van der Waals surface area contributed by atoms with Gasteiger partial charge in [-0.1, -0.05) is 6.92 Å². The molecule has 0 bridgehead atoms. The normalized spacial score (nSPS) is 15.3. The van der Waals surface area contributed by atoms with Crippen LogP contribution in [0.1, 0.15) is 43.4 Å². The fourth-order valence-electron chi connectivity index (χ4n) is 1.88. The summed E-state index contributed by atoms with van der Waals surface area (Å²) in [5.41, 5.74) is -2.98. The molecule has 1 aromatic carbocycles. The Bertz CT molecular complexity index is 515. The maximum Gasteiger partial charge on any atom is 0.416 e. The number of hydrogen-bond acceptors (Lipinski definition) is 2. The molecule has 2 nitrogen and oxygen atoms in total. The van der Waals surface area contributed by atoms with Gasteiger partial charge in [-0.15, -0.1) is 0 Å². The van der Waals surface area contributed by atoms with Crippen LogP contribution in [0.2, 0.25) is 0 Å². The van der Waals surface area contributed by atoms with Crippen LogP contribution >= 0.6 is 0 Å². The molecule has 8 heteroatoms. The molecule has 0 spiro atoms. The lowest BCUT2D eigenvalue weighted by Crippen LogP contribution is -2.20. The average molecular weight is 328 g/mol. The molecule has 124 valence electrons. The molecular formula is C14H14F6O2. The van der Waals surface area contributed by atoms with Gasteiger partial charge in [0.15, 0.2) is 0 Å². The van der Waals surface area contributed by atoms with E-state index in [0.717, 1.165) is 6.92 Å². The Morgan fingerprint density at radius 1 is 0.955 bits per heavy atom. The van der Waals surface area contributed by atoms with Crippen LogP contribution in [0.15, 0.2) is 18.2 Å². The fraction of sp³-hybridized carbons (Fsp3) is 0.500. The number of rotatable bonds is 3. The predicted molar refractivity (Wildman–Crippen MR) is 66.1 cm³/mol. The highest BCUT2D eigenvalue weighted by Gasteiger charge is 2.37. The number of carbonyl (C=O) groups is 1. The molecule has 0 unspecified atom stereocenters. The van der Waals surface area contributed by atoms with Gasteiger partial charge < -0.3 is 4.74 Å². The first-order chi connectivity index (χ1) is 9.82. The molecule has 0 aromatic heterocycles. The van der Waals surface area contributed by atoms with Crippen molar-refractivity contribution < 1.29 is 35.9 Å². The number of esters is 1. The van der Waals surface area contributed by atoms with E-state index in [4.69, 9.17) is 4.74 Å². The third kappa shape index (κ3) is 4.64. The van der Waals surface area contributed by atoms with Gasteiger partial charge in [-0.25, -0.2) is 0 Å². The molecule has 0 fully saturated rings. The van der Waals surface area contributed by atoms with Crippen molar-refractivity contribution in [2.45, 2.75) is 45.1 Å². The number of alkyl halides is 6. The van der Waals surface area contributed by atoms with Crippen molar-refractivity contribution in [3.05, 3.63) is 34.9 Å². The van der Waals surface area contributed by atoms with Crippen LogP contribution in [0, 0.1) is 0 Å². The second kappa shape index (κ2) is 6.18. The van der Waals surface area contributed by atoms with Crippen molar-refractivity contribution in [2.75, 3.05) is 0 Å². The minimum atomic E-state index is -4.90. The minimum absolute atomic E-state index is 0.0622. The minimum Gasteiger partial charge on any atom is -0.462 e. The first-order valence-corrected chi connectivity index (χ1v) is 6.29. The van der Waals surface area contributed by atoms with Crippen LogP contribution in [-0.4, -0.2) is 12.1 Å². The summed E-state index contributed by atoms with van der Waals surface area (Å²) in [6, 6.07) is 1.34. The molecule has 0 N–H and O–H groups in total. The van der Waals surface area contributed by atoms with Gasteiger partial charge in [-0.2, -0.15) is 26.3 Å².